The topological polar surface area (TPSA) is 56.7 Å². The number of hydrogen-bond acceptors (Lipinski definition) is 3. The molecule has 0 fully saturated rings. The third kappa shape index (κ3) is 1.82. The highest BCUT2D eigenvalue weighted by Gasteiger charge is 2.08. The number of pyridine rings is 1. The van der Waals surface area contributed by atoms with Crippen LogP contribution >= 0.6 is 0 Å². The van der Waals surface area contributed by atoms with Crippen LogP contribution in [0, 0.1) is 0 Å². The number of fused-ring (bicyclic) bond motifs is 1. The van der Waals surface area contributed by atoms with E-state index in [2.05, 4.69) is 20.6 Å². The molecule has 0 atom stereocenters. The number of nitrogens with zero attached hydrogens (tertiary/aromatic N) is 3. The SMILES string of the molecule is Cn1c(Cc2cccc(N)c2)nc2ccncc21. The van der Waals surface area contributed by atoms with Gasteiger partial charge in [-0.25, -0.2) is 4.98 Å². The minimum absolute atomic E-state index is 0.774. The second-order valence-corrected chi connectivity index (χ2v) is 4.37. The van der Waals surface area contributed by atoms with Gasteiger partial charge in [0.15, 0.2) is 0 Å². The Kier molecular flexibility index (Phi) is 2.48. The molecule has 3 rings (SSSR count). The Bertz CT molecular complexity index is 700. The number of benzene rings is 1. The van der Waals surface area contributed by atoms with E-state index in [1.807, 2.05) is 37.5 Å². The smallest absolute Gasteiger partial charge is 0.114 e. The van der Waals surface area contributed by atoms with Gasteiger partial charge in [0, 0.05) is 25.4 Å². The molecule has 2 N–H and O–H groups in total. The maximum Gasteiger partial charge on any atom is 0.114 e. The summed E-state index contributed by atoms with van der Waals surface area (Å²) in [5.41, 5.74) is 9.77. The zero-order chi connectivity index (χ0) is 12.5. The lowest BCUT2D eigenvalue weighted by Gasteiger charge is -2.03. The second-order valence-electron chi connectivity index (χ2n) is 4.37. The highest BCUT2D eigenvalue weighted by atomic mass is 15.1. The molecule has 1 aromatic carbocycles. The first-order valence-corrected chi connectivity index (χ1v) is 5.84. The molecule has 3 aromatic rings. The molecule has 0 radical (unpaired) electrons. The number of hydrogen-bond donors (Lipinski definition) is 1. The van der Waals surface area contributed by atoms with Gasteiger partial charge in [0.25, 0.3) is 0 Å². The molecule has 0 aliphatic carbocycles. The van der Waals surface area contributed by atoms with Crippen molar-refractivity contribution in [2.75, 3.05) is 5.73 Å². The molecule has 2 heterocycles. The van der Waals surface area contributed by atoms with Gasteiger partial charge >= 0.3 is 0 Å². The Hall–Kier alpha value is -2.36. The minimum Gasteiger partial charge on any atom is -0.399 e. The molecule has 90 valence electrons. The molecule has 0 aliphatic heterocycles. The van der Waals surface area contributed by atoms with Gasteiger partial charge < -0.3 is 10.3 Å². The van der Waals surface area contributed by atoms with Crippen LogP contribution in [0.4, 0.5) is 5.69 Å². The molecule has 2 aromatic heterocycles. The number of nitrogen functional groups attached to an aromatic ring is 1. The van der Waals surface area contributed by atoms with Crippen molar-refractivity contribution in [3.8, 4) is 0 Å². The zero-order valence-electron chi connectivity index (χ0n) is 10.2. The van der Waals surface area contributed by atoms with Crippen molar-refractivity contribution < 1.29 is 0 Å². The fraction of sp³-hybridized carbons (Fsp3) is 0.143. The molecular formula is C14H14N4. The number of nitrogens with two attached hydrogens (primary N) is 1. The number of aromatic nitrogens is 3. The lowest BCUT2D eigenvalue weighted by molar-refractivity contribution is 0.843. The number of imidazole rings is 1. The van der Waals surface area contributed by atoms with Crippen molar-refractivity contribution in [2.24, 2.45) is 7.05 Å². The van der Waals surface area contributed by atoms with Crippen LogP contribution in [0.3, 0.4) is 0 Å². The van der Waals surface area contributed by atoms with Gasteiger partial charge in [-0.2, -0.15) is 0 Å². The molecule has 0 spiro atoms. The molecule has 0 aliphatic rings. The molecule has 0 saturated heterocycles. The molecule has 0 amide bonds. The summed E-state index contributed by atoms with van der Waals surface area (Å²) in [7, 11) is 2.01. The van der Waals surface area contributed by atoms with Crippen LogP contribution in [-0.2, 0) is 13.5 Å². The van der Waals surface area contributed by atoms with E-state index in [1.165, 1.54) is 5.56 Å². The zero-order valence-corrected chi connectivity index (χ0v) is 10.2. The van der Waals surface area contributed by atoms with Crippen molar-refractivity contribution in [1.82, 2.24) is 14.5 Å². The average molecular weight is 238 g/mol. The van der Waals surface area contributed by atoms with Crippen LogP contribution in [0.5, 0.6) is 0 Å². The van der Waals surface area contributed by atoms with E-state index < -0.39 is 0 Å². The molecule has 0 saturated carbocycles. The first kappa shape index (κ1) is 10.8. The van der Waals surface area contributed by atoms with Gasteiger partial charge in [0.05, 0.1) is 17.2 Å². The predicted octanol–water partition coefficient (Wildman–Crippen LogP) is 2.14. The fourth-order valence-corrected chi connectivity index (χ4v) is 2.13. The van der Waals surface area contributed by atoms with E-state index >= 15 is 0 Å². The lowest BCUT2D eigenvalue weighted by Crippen LogP contribution is -1.99. The summed E-state index contributed by atoms with van der Waals surface area (Å²) in [6, 6.07) is 9.83. The third-order valence-corrected chi connectivity index (χ3v) is 3.09. The van der Waals surface area contributed by atoms with E-state index in [0.29, 0.717) is 0 Å². The average Bonchev–Trinajstić information content (AvgIpc) is 2.67. The highest BCUT2D eigenvalue weighted by Crippen LogP contribution is 2.17. The monoisotopic (exact) mass is 238 g/mol. The van der Waals surface area contributed by atoms with Crippen molar-refractivity contribution in [2.45, 2.75) is 6.42 Å². The number of aryl methyl sites for hydroxylation is 1. The third-order valence-electron chi connectivity index (χ3n) is 3.09. The van der Waals surface area contributed by atoms with Crippen molar-refractivity contribution in [3.05, 3.63) is 54.1 Å². The quantitative estimate of drug-likeness (QED) is 0.696. The molecule has 4 heteroatoms. The summed E-state index contributed by atoms with van der Waals surface area (Å²) < 4.78 is 2.07. The van der Waals surface area contributed by atoms with Crippen LogP contribution in [0.25, 0.3) is 11.0 Å². The van der Waals surface area contributed by atoms with Gasteiger partial charge in [0.2, 0.25) is 0 Å². The normalized spacial score (nSPS) is 10.9. The Balaban J connectivity index is 2.02. The van der Waals surface area contributed by atoms with Gasteiger partial charge in [0.1, 0.15) is 5.82 Å². The lowest BCUT2D eigenvalue weighted by atomic mass is 10.1. The molecule has 18 heavy (non-hydrogen) atoms. The summed E-state index contributed by atoms with van der Waals surface area (Å²) in [5, 5.41) is 0. The number of rotatable bonds is 2. The van der Waals surface area contributed by atoms with Crippen LogP contribution in [0.1, 0.15) is 11.4 Å². The number of anilines is 1. The summed E-state index contributed by atoms with van der Waals surface area (Å²) >= 11 is 0. The van der Waals surface area contributed by atoms with Gasteiger partial charge in [-0.3, -0.25) is 4.98 Å². The van der Waals surface area contributed by atoms with Crippen LogP contribution in [-0.4, -0.2) is 14.5 Å². The standard InChI is InChI=1S/C14H14N4/c1-18-13-9-16-6-5-12(13)17-14(18)8-10-3-2-4-11(15)7-10/h2-7,9H,8,15H2,1H3. The van der Waals surface area contributed by atoms with Gasteiger partial charge in [-0.05, 0) is 23.8 Å². The second kappa shape index (κ2) is 4.14. The van der Waals surface area contributed by atoms with E-state index in [0.717, 1.165) is 29.0 Å². The first-order chi connectivity index (χ1) is 8.74. The maximum absolute atomic E-state index is 5.79. The summed E-state index contributed by atoms with van der Waals surface area (Å²) in [4.78, 5) is 8.75. The van der Waals surface area contributed by atoms with Crippen LogP contribution < -0.4 is 5.73 Å². The van der Waals surface area contributed by atoms with Crippen molar-refractivity contribution in [3.63, 3.8) is 0 Å². The molecule has 0 bridgehead atoms. The predicted molar refractivity (Wildman–Crippen MR) is 72.2 cm³/mol. The first-order valence-electron chi connectivity index (χ1n) is 5.84. The maximum atomic E-state index is 5.79. The van der Waals surface area contributed by atoms with E-state index in [9.17, 15) is 0 Å². The van der Waals surface area contributed by atoms with E-state index in [-0.39, 0.29) is 0 Å². The van der Waals surface area contributed by atoms with E-state index in [1.54, 1.807) is 6.20 Å². The Labute approximate surface area is 105 Å². The molecular weight excluding hydrogens is 224 g/mol. The van der Waals surface area contributed by atoms with Crippen LogP contribution in [0.2, 0.25) is 0 Å². The Morgan fingerprint density at radius 2 is 2.17 bits per heavy atom. The fourth-order valence-electron chi connectivity index (χ4n) is 2.13. The summed E-state index contributed by atoms with van der Waals surface area (Å²) in [6.45, 7) is 0. The Morgan fingerprint density at radius 1 is 1.28 bits per heavy atom. The van der Waals surface area contributed by atoms with Crippen molar-refractivity contribution in [1.29, 1.82) is 0 Å². The van der Waals surface area contributed by atoms with Crippen LogP contribution in [0.15, 0.2) is 42.7 Å². The van der Waals surface area contributed by atoms with Gasteiger partial charge in [-0.1, -0.05) is 12.1 Å². The summed E-state index contributed by atoms with van der Waals surface area (Å²) in [5.74, 6) is 1.02. The highest BCUT2D eigenvalue weighted by molar-refractivity contribution is 5.74. The minimum atomic E-state index is 0.774. The van der Waals surface area contributed by atoms with E-state index in [4.69, 9.17) is 5.73 Å². The Morgan fingerprint density at radius 3 is 2.94 bits per heavy atom. The molecule has 0 unspecified atom stereocenters. The van der Waals surface area contributed by atoms with Gasteiger partial charge in [-0.15, -0.1) is 0 Å². The largest absolute Gasteiger partial charge is 0.399 e. The molecule has 4 nitrogen and oxygen atoms in total. The summed E-state index contributed by atoms with van der Waals surface area (Å²) in [6.07, 6.45) is 4.38. The van der Waals surface area contributed by atoms with Crippen molar-refractivity contribution >= 4 is 16.7 Å².